The molecule has 21 heavy (non-hydrogen) atoms. The summed E-state index contributed by atoms with van der Waals surface area (Å²) >= 11 is 0. The van der Waals surface area contributed by atoms with Gasteiger partial charge in [0.1, 0.15) is 0 Å². The first-order valence-corrected chi connectivity index (χ1v) is 7.70. The average Bonchev–Trinajstić information content (AvgIpc) is 2.87. The van der Waals surface area contributed by atoms with Crippen molar-refractivity contribution in [3.8, 4) is 0 Å². The van der Waals surface area contributed by atoms with Crippen LogP contribution in [0.2, 0.25) is 0 Å². The number of rotatable bonds is 6. The molecule has 0 spiro atoms. The molecule has 2 heterocycles. The predicted molar refractivity (Wildman–Crippen MR) is 77.5 cm³/mol. The molecule has 6 heteroatoms. The number of carbonyl (C=O) groups is 1. The molecule has 1 aliphatic rings. The van der Waals surface area contributed by atoms with Crippen LogP contribution in [0, 0.1) is 5.92 Å². The summed E-state index contributed by atoms with van der Waals surface area (Å²) < 4.78 is 10.1. The molecular weight excluding hydrogens is 270 g/mol. The minimum Gasteiger partial charge on any atom is -0.469 e. The number of likely N-dealkylation sites (tertiary alicyclic amines) is 1. The smallest absolute Gasteiger partial charge is 0.307 e. The van der Waals surface area contributed by atoms with E-state index in [4.69, 9.17) is 9.26 Å². The lowest BCUT2D eigenvalue weighted by atomic mass is 9.99. The van der Waals surface area contributed by atoms with Crippen molar-refractivity contribution in [1.29, 1.82) is 0 Å². The van der Waals surface area contributed by atoms with Gasteiger partial charge in [0.15, 0.2) is 5.82 Å². The van der Waals surface area contributed by atoms with Crippen LogP contribution in [0.3, 0.4) is 0 Å². The van der Waals surface area contributed by atoms with Crippen molar-refractivity contribution in [2.45, 2.75) is 58.5 Å². The first-order valence-electron chi connectivity index (χ1n) is 7.70. The maximum atomic E-state index is 11.5. The van der Waals surface area contributed by atoms with Crippen molar-refractivity contribution in [2.24, 2.45) is 5.92 Å². The number of esters is 1. The second-order valence-electron chi connectivity index (χ2n) is 6.10. The molecule has 1 fully saturated rings. The molecule has 1 aliphatic heterocycles. The fourth-order valence-electron chi connectivity index (χ4n) is 2.74. The van der Waals surface area contributed by atoms with Gasteiger partial charge in [0.2, 0.25) is 5.89 Å². The molecule has 0 aliphatic carbocycles. The largest absolute Gasteiger partial charge is 0.469 e. The Morgan fingerprint density at radius 1 is 1.48 bits per heavy atom. The van der Waals surface area contributed by atoms with E-state index in [0.717, 1.165) is 32.2 Å². The Morgan fingerprint density at radius 3 is 3.00 bits per heavy atom. The number of piperidine rings is 1. The zero-order chi connectivity index (χ0) is 15.2. The molecule has 0 bridgehead atoms. The van der Waals surface area contributed by atoms with Crippen LogP contribution in [0.15, 0.2) is 4.52 Å². The van der Waals surface area contributed by atoms with Crippen molar-refractivity contribution >= 4 is 5.97 Å². The number of hydrogen-bond acceptors (Lipinski definition) is 6. The van der Waals surface area contributed by atoms with Gasteiger partial charge in [-0.25, -0.2) is 0 Å². The summed E-state index contributed by atoms with van der Waals surface area (Å²) in [4.78, 5) is 18.2. The van der Waals surface area contributed by atoms with E-state index in [1.807, 2.05) is 0 Å². The van der Waals surface area contributed by atoms with Crippen LogP contribution in [0.25, 0.3) is 0 Å². The van der Waals surface area contributed by atoms with Gasteiger partial charge >= 0.3 is 5.97 Å². The highest BCUT2D eigenvalue weighted by Gasteiger charge is 2.26. The molecule has 0 amide bonds. The van der Waals surface area contributed by atoms with Gasteiger partial charge in [-0.1, -0.05) is 25.4 Å². The minimum atomic E-state index is -0.152. The number of hydrogen-bond donors (Lipinski definition) is 0. The summed E-state index contributed by atoms with van der Waals surface area (Å²) in [7, 11) is 1.44. The molecule has 6 nitrogen and oxygen atoms in total. The van der Waals surface area contributed by atoms with E-state index in [1.54, 1.807) is 0 Å². The van der Waals surface area contributed by atoms with Crippen LogP contribution in [-0.4, -0.2) is 40.7 Å². The van der Waals surface area contributed by atoms with Crippen LogP contribution in [0.4, 0.5) is 0 Å². The third-order valence-corrected chi connectivity index (χ3v) is 3.82. The topological polar surface area (TPSA) is 68.5 Å². The lowest BCUT2D eigenvalue weighted by Crippen LogP contribution is -2.40. The summed E-state index contributed by atoms with van der Waals surface area (Å²) in [6, 6.07) is 0.221. The van der Waals surface area contributed by atoms with Gasteiger partial charge in [-0.2, -0.15) is 4.98 Å². The standard InChI is InChI=1S/C15H25N3O3/c1-11(2)8-14-16-13(17-21-14)10-18-7-5-4-6-12(18)9-15(19)20-3/h11-12H,4-10H2,1-3H3. The van der Waals surface area contributed by atoms with Gasteiger partial charge in [-0.05, 0) is 25.3 Å². The summed E-state index contributed by atoms with van der Waals surface area (Å²) in [6.07, 6.45) is 4.56. The van der Waals surface area contributed by atoms with Crippen LogP contribution in [0.5, 0.6) is 0 Å². The molecule has 1 unspecified atom stereocenters. The highest BCUT2D eigenvalue weighted by molar-refractivity contribution is 5.69. The molecule has 0 aromatic carbocycles. The molecule has 1 aromatic rings. The Labute approximate surface area is 125 Å². The van der Waals surface area contributed by atoms with Crippen LogP contribution >= 0.6 is 0 Å². The fraction of sp³-hybridized carbons (Fsp3) is 0.800. The zero-order valence-electron chi connectivity index (χ0n) is 13.2. The van der Waals surface area contributed by atoms with Gasteiger partial charge in [-0.3, -0.25) is 9.69 Å². The maximum absolute atomic E-state index is 11.5. The first-order chi connectivity index (χ1) is 10.1. The first kappa shape index (κ1) is 15.9. The molecule has 118 valence electrons. The predicted octanol–water partition coefficient (Wildman–Crippen LogP) is 2.19. The monoisotopic (exact) mass is 295 g/mol. The number of ether oxygens (including phenoxy) is 1. The van der Waals surface area contributed by atoms with E-state index >= 15 is 0 Å². The van der Waals surface area contributed by atoms with Gasteiger partial charge in [0, 0.05) is 12.5 Å². The summed E-state index contributed by atoms with van der Waals surface area (Å²) in [5.41, 5.74) is 0. The second-order valence-corrected chi connectivity index (χ2v) is 6.10. The molecular formula is C15H25N3O3. The molecule has 1 aromatic heterocycles. The number of carbonyl (C=O) groups excluding carboxylic acids is 1. The van der Waals surface area contributed by atoms with E-state index < -0.39 is 0 Å². The molecule has 0 N–H and O–H groups in total. The van der Waals surface area contributed by atoms with Gasteiger partial charge < -0.3 is 9.26 Å². The average molecular weight is 295 g/mol. The number of aromatic nitrogens is 2. The zero-order valence-corrected chi connectivity index (χ0v) is 13.2. The normalized spacial score (nSPS) is 19.9. The highest BCUT2D eigenvalue weighted by Crippen LogP contribution is 2.21. The number of methoxy groups -OCH3 is 1. The van der Waals surface area contributed by atoms with Crippen molar-refractivity contribution in [2.75, 3.05) is 13.7 Å². The Morgan fingerprint density at radius 2 is 2.29 bits per heavy atom. The van der Waals surface area contributed by atoms with E-state index in [9.17, 15) is 4.79 Å². The van der Waals surface area contributed by atoms with Gasteiger partial charge in [0.05, 0.1) is 20.1 Å². The van der Waals surface area contributed by atoms with Crippen molar-refractivity contribution in [3.05, 3.63) is 11.7 Å². The SMILES string of the molecule is COC(=O)CC1CCCCN1Cc1noc(CC(C)C)n1. The minimum absolute atomic E-state index is 0.152. The van der Waals surface area contributed by atoms with Crippen LogP contribution < -0.4 is 0 Å². The van der Waals surface area contributed by atoms with Crippen LogP contribution in [-0.2, 0) is 22.5 Å². The molecule has 1 saturated heterocycles. The number of nitrogens with zero attached hydrogens (tertiary/aromatic N) is 3. The van der Waals surface area contributed by atoms with Crippen molar-refractivity contribution in [3.63, 3.8) is 0 Å². The second kappa shape index (κ2) is 7.54. The third kappa shape index (κ3) is 4.81. The lowest BCUT2D eigenvalue weighted by molar-refractivity contribution is -0.142. The van der Waals surface area contributed by atoms with Crippen molar-refractivity contribution in [1.82, 2.24) is 15.0 Å². The Hall–Kier alpha value is -1.43. The van der Waals surface area contributed by atoms with E-state index in [-0.39, 0.29) is 12.0 Å². The quantitative estimate of drug-likeness (QED) is 0.749. The highest BCUT2D eigenvalue weighted by atomic mass is 16.5. The third-order valence-electron chi connectivity index (χ3n) is 3.82. The van der Waals surface area contributed by atoms with Crippen molar-refractivity contribution < 1.29 is 14.1 Å². The van der Waals surface area contributed by atoms with E-state index in [1.165, 1.54) is 7.11 Å². The summed E-state index contributed by atoms with van der Waals surface area (Å²) in [5.74, 6) is 1.75. The summed E-state index contributed by atoms with van der Waals surface area (Å²) in [5, 5.41) is 4.05. The van der Waals surface area contributed by atoms with Gasteiger partial charge in [0.25, 0.3) is 0 Å². The van der Waals surface area contributed by atoms with Crippen LogP contribution in [0.1, 0.15) is 51.2 Å². The van der Waals surface area contributed by atoms with Gasteiger partial charge in [-0.15, -0.1) is 0 Å². The Bertz CT molecular complexity index is 459. The lowest BCUT2D eigenvalue weighted by Gasteiger charge is -2.34. The maximum Gasteiger partial charge on any atom is 0.307 e. The Balaban J connectivity index is 1.95. The van der Waals surface area contributed by atoms with E-state index in [2.05, 4.69) is 28.9 Å². The summed E-state index contributed by atoms with van der Waals surface area (Å²) in [6.45, 7) is 5.86. The molecule has 0 radical (unpaired) electrons. The molecule has 0 saturated carbocycles. The Kier molecular flexibility index (Phi) is 5.73. The van der Waals surface area contributed by atoms with E-state index in [0.29, 0.717) is 30.6 Å². The fourth-order valence-corrected chi connectivity index (χ4v) is 2.74. The molecule has 2 rings (SSSR count). The molecule has 1 atom stereocenters.